The SMILES string of the molecule is CCCCc1c(C)nc2nc(SC(C)C(=O)Nc3ccccc3C)nn2c1C. The van der Waals surface area contributed by atoms with Crippen LogP contribution in [0, 0.1) is 20.8 Å². The number of benzene rings is 1. The van der Waals surface area contributed by atoms with E-state index in [0.717, 1.165) is 41.9 Å². The Kier molecular flexibility index (Phi) is 6.34. The zero-order valence-electron chi connectivity index (χ0n) is 17.1. The van der Waals surface area contributed by atoms with Gasteiger partial charge in [0.05, 0.1) is 5.25 Å². The first-order chi connectivity index (χ1) is 13.4. The smallest absolute Gasteiger partial charge is 0.253 e. The van der Waals surface area contributed by atoms with Crippen molar-refractivity contribution in [3.05, 3.63) is 46.8 Å². The molecular formula is C21H27N5OS. The molecule has 148 valence electrons. The Hall–Kier alpha value is -2.41. The minimum Gasteiger partial charge on any atom is -0.325 e. The second kappa shape index (κ2) is 8.73. The van der Waals surface area contributed by atoms with E-state index in [4.69, 9.17) is 0 Å². The van der Waals surface area contributed by atoms with E-state index in [1.807, 2.05) is 45.0 Å². The Labute approximate surface area is 170 Å². The highest BCUT2D eigenvalue weighted by Crippen LogP contribution is 2.24. The Morgan fingerprint density at radius 1 is 1.21 bits per heavy atom. The first-order valence-corrected chi connectivity index (χ1v) is 10.5. The van der Waals surface area contributed by atoms with Crippen LogP contribution in [0.4, 0.5) is 5.69 Å². The number of rotatable bonds is 7. The second-order valence-electron chi connectivity index (χ2n) is 7.04. The highest BCUT2D eigenvalue weighted by Gasteiger charge is 2.19. The molecule has 2 aromatic heterocycles. The van der Waals surface area contributed by atoms with Crippen LogP contribution in [0.3, 0.4) is 0 Å². The van der Waals surface area contributed by atoms with Gasteiger partial charge in [0.1, 0.15) is 0 Å². The van der Waals surface area contributed by atoms with Gasteiger partial charge >= 0.3 is 0 Å². The van der Waals surface area contributed by atoms with Crippen LogP contribution in [-0.2, 0) is 11.2 Å². The summed E-state index contributed by atoms with van der Waals surface area (Å²) in [4.78, 5) is 21.7. The predicted molar refractivity (Wildman–Crippen MR) is 114 cm³/mol. The number of amides is 1. The number of carbonyl (C=O) groups is 1. The van der Waals surface area contributed by atoms with Crippen LogP contribution < -0.4 is 5.32 Å². The number of unbranched alkanes of at least 4 members (excludes halogenated alkanes) is 1. The largest absolute Gasteiger partial charge is 0.325 e. The van der Waals surface area contributed by atoms with Crippen molar-refractivity contribution in [2.75, 3.05) is 5.32 Å². The summed E-state index contributed by atoms with van der Waals surface area (Å²) in [6.07, 6.45) is 3.26. The van der Waals surface area contributed by atoms with Gasteiger partial charge in [-0.05, 0) is 57.7 Å². The van der Waals surface area contributed by atoms with Gasteiger partial charge in [-0.25, -0.2) is 9.50 Å². The van der Waals surface area contributed by atoms with E-state index in [1.165, 1.54) is 17.3 Å². The van der Waals surface area contributed by atoms with E-state index in [1.54, 1.807) is 4.52 Å². The molecule has 1 N–H and O–H groups in total. The van der Waals surface area contributed by atoms with E-state index in [9.17, 15) is 4.79 Å². The summed E-state index contributed by atoms with van der Waals surface area (Å²) in [6, 6.07) is 7.75. The van der Waals surface area contributed by atoms with Gasteiger partial charge in [0.25, 0.3) is 5.78 Å². The molecule has 0 bridgehead atoms. The van der Waals surface area contributed by atoms with Gasteiger partial charge in [0.15, 0.2) is 0 Å². The number of para-hydroxylation sites is 1. The van der Waals surface area contributed by atoms with E-state index in [0.29, 0.717) is 10.9 Å². The lowest BCUT2D eigenvalue weighted by Crippen LogP contribution is -2.23. The standard InChI is InChI=1S/C21H27N5OS/c1-6-7-11-17-14(3)22-20-24-21(25-26(20)15(17)4)28-16(5)19(27)23-18-12-9-8-10-13(18)2/h8-10,12,16H,6-7,11H2,1-5H3,(H,23,27). The summed E-state index contributed by atoms with van der Waals surface area (Å²) in [5.74, 6) is 0.520. The van der Waals surface area contributed by atoms with Crippen molar-refractivity contribution in [2.24, 2.45) is 0 Å². The molecule has 3 rings (SSSR count). The monoisotopic (exact) mass is 397 g/mol. The number of carbonyl (C=O) groups excluding carboxylic acids is 1. The van der Waals surface area contributed by atoms with E-state index in [2.05, 4.69) is 34.2 Å². The topological polar surface area (TPSA) is 72.2 Å². The number of anilines is 1. The van der Waals surface area contributed by atoms with Crippen molar-refractivity contribution in [2.45, 2.75) is 64.3 Å². The summed E-state index contributed by atoms with van der Waals surface area (Å²) in [5.41, 5.74) is 5.19. The number of thioether (sulfide) groups is 1. The molecule has 0 aliphatic rings. The fourth-order valence-corrected chi connectivity index (χ4v) is 3.86. The first-order valence-electron chi connectivity index (χ1n) is 9.66. The molecule has 0 radical (unpaired) electrons. The molecule has 0 aliphatic carbocycles. The van der Waals surface area contributed by atoms with Gasteiger partial charge in [0, 0.05) is 17.1 Å². The van der Waals surface area contributed by atoms with Crippen molar-refractivity contribution < 1.29 is 4.79 Å². The summed E-state index contributed by atoms with van der Waals surface area (Å²) in [7, 11) is 0. The van der Waals surface area contributed by atoms with Gasteiger partial charge in [0.2, 0.25) is 11.1 Å². The lowest BCUT2D eigenvalue weighted by atomic mass is 10.1. The molecule has 1 amide bonds. The van der Waals surface area contributed by atoms with Crippen LogP contribution in [0.5, 0.6) is 0 Å². The molecule has 2 heterocycles. The maximum absolute atomic E-state index is 12.6. The Balaban J connectivity index is 1.77. The van der Waals surface area contributed by atoms with E-state index < -0.39 is 0 Å². The third-order valence-electron chi connectivity index (χ3n) is 4.86. The van der Waals surface area contributed by atoms with Crippen molar-refractivity contribution >= 4 is 29.1 Å². The molecular weight excluding hydrogens is 370 g/mol. The minimum atomic E-state index is -0.321. The molecule has 1 atom stereocenters. The van der Waals surface area contributed by atoms with Crippen LogP contribution in [0.15, 0.2) is 29.4 Å². The van der Waals surface area contributed by atoms with E-state index >= 15 is 0 Å². The van der Waals surface area contributed by atoms with Crippen LogP contribution in [0.2, 0.25) is 0 Å². The Bertz CT molecular complexity index is 998. The number of hydrogen-bond donors (Lipinski definition) is 1. The highest BCUT2D eigenvalue weighted by molar-refractivity contribution is 8.00. The quantitative estimate of drug-likeness (QED) is 0.594. The Morgan fingerprint density at radius 2 is 1.96 bits per heavy atom. The molecule has 1 unspecified atom stereocenters. The average molecular weight is 398 g/mol. The normalized spacial score (nSPS) is 12.3. The zero-order valence-corrected chi connectivity index (χ0v) is 17.9. The third kappa shape index (κ3) is 4.35. The summed E-state index contributed by atoms with van der Waals surface area (Å²) < 4.78 is 1.80. The molecule has 0 saturated carbocycles. The molecule has 0 aliphatic heterocycles. The molecule has 0 saturated heterocycles. The van der Waals surface area contributed by atoms with Crippen molar-refractivity contribution in [3.8, 4) is 0 Å². The molecule has 6 nitrogen and oxygen atoms in total. The van der Waals surface area contributed by atoms with Gasteiger partial charge in [-0.3, -0.25) is 4.79 Å². The summed E-state index contributed by atoms with van der Waals surface area (Å²) in [5, 5.41) is 7.82. The lowest BCUT2D eigenvalue weighted by molar-refractivity contribution is -0.115. The summed E-state index contributed by atoms with van der Waals surface area (Å²) >= 11 is 1.35. The summed E-state index contributed by atoms with van der Waals surface area (Å²) in [6.45, 7) is 10.1. The average Bonchev–Trinajstić information content (AvgIpc) is 3.05. The number of aryl methyl sites for hydroxylation is 3. The number of hydrogen-bond acceptors (Lipinski definition) is 5. The lowest BCUT2D eigenvalue weighted by Gasteiger charge is -2.11. The van der Waals surface area contributed by atoms with Gasteiger partial charge in [-0.15, -0.1) is 5.10 Å². The van der Waals surface area contributed by atoms with Crippen molar-refractivity contribution in [1.29, 1.82) is 0 Å². The van der Waals surface area contributed by atoms with Crippen LogP contribution >= 0.6 is 11.8 Å². The Morgan fingerprint density at radius 3 is 2.68 bits per heavy atom. The van der Waals surface area contributed by atoms with Crippen LogP contribution in [0.25, 0.3) is 5.78 Å². The fraction of sp³-hybridized carbons (Fsp3) is 0.429. The highest BCUT2D eigenvalue weighted by atomic mass is 32.2. The van der Waals surface area contributed by atoms with Crippen molar-refractivity contribution in [3.63, 3.8) is 0 Å². The van der Waals surface area contributed by atoms with Crippen LogP contribution in [0.1, 0.15) is 49.2 Å². The molecule has 3 aromatic rings. The second-order valence-corrected chi connectivity index (χ2v) is 8.34. The molecule has 7 heteroatoms. The molecule has 28 heavy (non-hydrogen) atoms. The maximum atomic E-state index is 12.6. The molecule has 1 aromatic carbocycles. The first kappa shape index (κ1) is 20.3. The fourth-order valence-electron chi connectivity index (χ4n) is 3.11. The minimum absolute atomic E-state index is 0.0670. The van der Waals surface area contributed by atoms with Gasteiger partial charge in [-0.1, -0.05) is 43.3 Å². The van der Waals surface area contributed by atoms with Gasteiger partial charge < -0.3 is 5.32 Å². The maximum Gasteiger partial charge on any atom is 0.253 e. The van der Waals surface area contributed by atoms with Crippen molar-refractivity contribution in [1.82, 2.24) is 19.6 Å². The number of nitrogens with one attached hydrogen (secondary N) is 1. The number of nitrogens with zero attached hydrogens (tertiary/aromatic N) is 4. The molecule has 0 spiro atoms. The molecule has 0 fully saturated rings. The van der Waals surface area contributed by atoms with Crippen LogP contribution in [-0.4, -0.2) is 30.7 Å². The van der Waals surface area contributed by atoms with Gasteiger partial charge in [-0.2, -0.15) is 4.98 Å². The number of fused-ring (bicyclic) bond motifs is 1. The zero-order chi connectivity index (χ0) is 20.3. The third-order valence-corrected chi connectivity index (χ3v) is 5.82. The van der Waals surface area contributed by atoms with E-state index in [-0.39, 0.29) is 11.2 Å². The number of aromatic nitrogens is 4. The predicted octanol–water partition coefficient (Wildman–Crippen LogP) is 4.51.